The van der Waals surface area contributed by atoms with Crippen molar-refractivity contribution in [3.05, 3.63) is 93.1 Å². The number of anilines is 2. The number of nitrogens with one attached hydrogen (secondary N) is 1. The van der Waals surface area contributed by atoms with Crippen LogP contribution >= 0.6 is 11.6 Å². The number of hydrogen-bond acceptors (Lipinski definition) is 4. The zero-order chi connectivity index (χ0) is 23.9. The highest BCUT2D eigenvalue weighted by atomic mass is 35.5. The summed E-state index contributed by atoms with van der Waals surface area (Å²) >= 11 is 6.29. The molecule has 1 heterocycles. The van der Waals surface area contributed by atoms with Crippen molar-refractivity contribution in [2.45, 2.75) is 27.7 Å². The third-order valence-corrected chi connectivity index (χ3v) is 6.19. The van der Waals surface area contributed by atoms with E-state index in [1.54, 1.807) is 18.2 Å². The number of benzene rings is 3. The Morgan fingerprint density at radius 3 is 2.21 bits per heavy atom. The summed E-state index contributed by atoms with van der Waals surface area (Å²) in [7, 11) is 1.54. The summed E-state index contributed by atoms with van der Waals surface area (Å²) in [5.41, 5.74) is 6.44. The molecule has 0 spiro atoms. The number of aryl methyl sites for hydroxylation is 4. The van der Waals surface area contributed by atoms with Crippen molar-refractivity contribution >= 4 is 40.4 Å². The molecule has 168 valence electrons. The van der Waals surface area contributed by atoms with E-state index in [1.165, 1.54) is 12.0 Å². The van der Waals surface area contributed by atoms with Crippen LogP contribution in [-0.2, 0) is 9.59 Å². The molecule has 1 aliphatic rings. The van der Waals surface area contributed by atoms with E-state index < -0.39 is 5.91 Å². The number of carbonyl (C=O) groups is 2. The molecule has 0 aromatic heterocycles. The van der Waals surface area contributed by atoms with Crippen LogP contribution in [-0.4, -0.2) is 18.9 Å². The lowest BCUT2D eigenvalue weighted by Crippen LogP contribution is -2.33. The number of hydrogen-bond donors (Lipinski definition) is 1. The Morgan fingerprint density at radius 2 is 1.58 bits per heavy atom. The Kier molecular flexibility index (Phi) is 6.00. The summed E-state index contributed by atoms with van der Waals surface area (Å²) in [6.45, 7) is 7.87. The molecule has 3 aromatic carbocycles. The zero-order valence-corrected chi connectivity index (χ0v) is 20.0. The molecule has 33 heavy (non-hydrogen) atoms. The molecule has 4 rings (SSSR count). The molecule has 0 saturated heterocycles. The van der Waals surface area contributed by atoms with Gasteiger partial charge in [0.2, 0.25) is 0 Å². The Morgan fingerprint density at radius 1 is 0.818 bits per heavy atom. The number of carbonyl (C=O) groups excluding carboxylic acids is 2. The molecule has 0 atom stereocenters. The maximum absolute atomic E-state index is 13.7. The number of rotatable bonds is 5. The lowest BCUT2D eigenvalue weighted by molar-refractivity contribution is -0.120. The van der Waals surface area contributed by atoms with Crippen molar-refractivity contribution in [3.63, 3.8) is 0 Å². The highest BCUT2D eigenvalue weighted by Gasteiger charge is 2.41. The van der Waals surface area contributed by atoms with Crippen molar-refractivity contribution in [1.82, 2.24) is 0 Å². The third kappa shape index (κ3) is 4.12. The smallest absolute Gasteiger partial charge is 0.282 e. The normalized spacial score (nSPS) is 13.7. The summed E-state index contributed by atoms with van der Waals surface area (Å²) in [5.74, 6) is -0.249. The number of ether oxygens (including phenoxy) is 1. The third-order valence-electron chi connectivity index (χ3n) is 5.89. The molecule has 0 saturated carbocycles. The minimum absolute atomic E-state index is 0.212. The van der Waals surface area contributed by atoms with Gasteiger partial charge < -0.3 is 10.1 Å². The van der Waals surface area contributed by atoms with Crippen molar-refractivity contribution in [3.8, 4) is 5.75 Å². The first-order valence-electron chi connectivity index (χ1n) is 10.6. The average Bonchev–Trinajstić information content (AvgIpc) is 3.00. The predicted molar refractivity (Wildman–Crippen MR) is 133 cm³/mol. The SMILES string of the molecule is COc1ccc(NC2=C(c3ccc(C)c(C)c3)C(=O)N(c3ccc(C)cc3C)C2=O)cc1Cl. The maximum Gasteiger partial charge on any atom is 0.282 e. The second kappa shape index (κ2) is 8.75. The van der Waals surface area contributed by atoms with Crippen molar-refractivity contribution in [2.75, 3.05) is 17.3 Å². The van der Waals surface area contributed by atoms with Gasteiger partial charge in [-0.1, -0.05) is 47.5 Å². The van der Waals surface area contributed by atoms with Gasteiger partial charge in [-0.05, 0) is 74.2 Å². The van der Waals surface area contributed by atoms with E-state index in [-0.39, 0.29) is 11.6 Å². The molecule has 5 nitrogen and oxygen atoms in total. The monoisotopic (exact) mass is 460 g/mol. The minimum atomic E-state index is -0.410. The second-order valence-corrected chi connectivity index (χ2v) is 8.67. The highest BCUT2D eigenvalue weighted by molar-refractivity contribution is 6.46. The van der Waals surface area contributed by atoms with Crippen LogP contribution in [0.1, 0.15) is 27.8 Å². The average molecular weight is 461 g/mol. The predicted octanol–water partition coefficient (Wildman–Crippen LogP) is 5.98. The first-order valence-corrected chi connectivity index (χ1v) is 11.0. The number of nitrogens with zero attached hydrogens (tertiary/aromatic N) is 1. The van der Waals surface area contributed by atoms with E-state index in [0.717, 1.165) is 22.3 Å². The lowest BCUT2D eigenvalue weighted by atomic mass is 9.99. The summed E-state index contributed by atoms with van der Waals surface area (Å²) in [6, 6.07) is 16.6. The van der Waals surface area contributed by atoms with Gasteiger partial charge in [0.05, 0.1) is 23.4 Å². The van der Waals surface area contributed by atoms with Crippen LogP contribution in [0, 0.1) is 27.7 Å². The summed E-state index contributed by atoms with van der Waals surface area (Å²) in [4.78, 5) is 28.6. The lowest BCUT2D eigenvalue weighted by Gasteiger charge is -2.18. The van der Waals surface area contributed by atoms with Gasteiger partial charge in [0, 0.05) is 5.69 Å². The van der Waals surface area contributed by atoms with Crippen LogP contribution in [0.2, 0.25) is 5.02 Å². The van der Waals surface area contributed by atoms with Crippen LogP contribution < -0.4 is 15.0 Å². The first-order chi connectivity index (χ1) is 15.7. The summed E-state index contributed by atoms with van der Waals surface area (Å²) in [6.07, 6.45) is 0. The maximum atomic E-state index is 13.7. The molecular formula is C27H25ClN2O3. The van der Waals surface area contributed by atoms with Crippen molar-refractivity contribution < 1.29 is 14.3 Å². The fourth-order valence-electron chi connectivity index (χ4n) is 3.97. The molecule has 0 aliphatic carbocycles. The Hall–Kier alpha value is -3.57. The Labute approximate surface area is 198 Å². The van der Waals surface area contributed by atoms with Gasteiger partial charge in [-0.15, -0.1) is 0 Å². The van der Waals surface area contributed by atoms with Gasteiger partial charge in [-0.25, -0.2) is 4.90 Å². The molecule has 1 aliphatic heterocycles. The standard InChI is InChI=1S/C27H25ClN2O3/c1-15-6-10-22(18(4)12-15)30-26(31)24(19-8-7-16(2)17(3)13-19)25(27(30)32)29-20-9-11-23(33-5)21(28)14-20/h6-14,29H,1-5H3. The Balaban J connectivity index is 1.85. The van der Waals surface area contributed by atoms with Crippen molar-refractivity contribution in [1.29, 1.82) is 0 Å². The van der Waals surface area contributed by atoms with E-state index in [9.17, 15) is 9.59 Å². The van der Waals surface area contributed by atoms with E-state index in [0.29, 0.717) is 33.3 Å². The van der Waals surface area contributed by atoms with Gasteiger partial charge in [0.15, 0.2) is 0 Å². The van der Waals surface area contributed by atoms with Crippen LogP contribution in [0.4, 0.5) is 11.4 Å². The summed E-state index contributed by atoms with van der Waals surface area (Å²) in [5, 5.41) is 3.56. The molecule has 3 aromatic rings. The van der Waals surface area contributed by atoms with E-state index in [2.05, 4.69) is 5.32 Å². The van der Waals surface area contributed by atoms with Crippen LogP contribution in [0.15, 0.2) is 60.3 Å². The quantitative estimate of drug-likeness (QED) is 0.476. The van der Waals surface area contributed by atoms with E-state index in [1.807, 2.05) is 64.1 Å². The fourth-order valence-corrected chi connectivity index (χ4v) is 4.23. The van der Waals surface area contributed by atoms with Crippen molar-refractivity contribution in [2.24, 2.45) is 0 Å². The van der Waals surface area contributed by atoms with Gasteiger partial charge in [0.1, 0.15) is 11.4 Å². The topological polar surface area (TPSA) is 58.6 Å². The molecule has 0 fully saturated rings. The molecule has 0 radical (unpaired) electrons. The molecule has 0 bridgehead atoms. The molecule has 6 heteroatoms. The van der Waals surface area contributed by atoms with Crippen LogP contribution in [0.25, 0.3) is 5.57 Å². The van der Waals surface area contributed by atoms with Crippen LogP contribution in [0.3, 0.4) is 0 Å². The van der Waals surface area contributed by atoms with Gasteiger partial charge in [-0.3, -0.25) is 9.59 Å². The molecule has 2 amide bonds. The van der Waals surface area contributed by atoms with Gasteiger partial charge >= 0.3 is 0 Å². The number of halogens is 1. The largest absolute Gasteiger partial charge is 0.495 e. The Bertz CT molecular complexity index is 1330. The zero-order valence-electron chi connectivity index (χ0n) is 19.2. The number of imide groups is 1. The van der Waals surface area contributed by atoms with Gasteiger partial charge in [-0.2, -0.15) is 0 Å². The minimum Gasteiger partial charge on any atom is -0.495 e. The van der Waals surface area contributed by atoms with E-state index >= 15 is 0 Å². The molecule has 1 N–H and O–H groups in total. The highest BCUT2D eigenvalue weighted by Crippen LogP contribution is 2.37. The number of amides is 2. The molecule has 0 unspecified atom stereocenters. The first kappa shape index (κ1) is 22.6. The van der Waals surface area contributed by atoms with Crippen LogP contribution in [0.5, 0.6) is 5.75 Å². The fraction of sp³-hybridized carbons (Fsp3) is 0.185. The molecular weight excluding hydrogens is 436 g/mol. The summed E-state index contributed by atoms with van der Waals surface area (Å²) < 4.78 is 5.22. The second-order valence-electron chi connectivity index (χ2n) is 8.26. The van der Waals surface area contributed by atoms with E-state index in [4.69, 9.17) is 16.3 Å². The number of methoxy groups -OCH3 is 1. The van der Waals surface area contributed by atoms with Gasteiger partial charge in [0.25, 0.3) is 11.8 Å².